The molecule has 1 saturated heterocycles. The number of alkyl halides is 6. The summed E-state index contributed by atoms with van der Waals surface area (Å²) in [5, 5.41) is 0. The van der Waals surface area contributed by atoms with Crippen molar-refractivity contribution >= 4 is 5.91 Å². The molecular weight excluding hydrogens is 314 g/mol. The predicted octanol–water partition coefficient (Wildman–Crippen LogP) is 2.85. The number of halogens is 6. The van der Waals surface area contributed by atoms with Crippen LogP contribution in [0.25, 0.3) is 0 Å². The van der Waals surface area contributed by atoms with Gasteiger partial charge in [-0.15, -0.1) is 0 Å². The normalized spacial score (nSPS) is 29.7. The zero-order valence-electron chi connectivity index (χ0n) is 11.8. The Hall–Kier alpha value is -0.990. The zero-order valence-corrected chi connectivity index (χ0v) is 11.8. The molecule has 1 aliphatic heterocycles. The fourth-order valence-electron chi connectivity index (χ4n) is 3.33. The van der Waals surface area contributed by atoms with Gasteiger partial charge in [-0.2, -0.15) is 26.3 Å². The molecule has 22 heavy (non-hydrogen) atoms. The summed E-state index contributed by atoms with van der Waals surface area (Å²) in [5.74, 6) is -1.20. The quantitative estimate of drug-likeness (QED) is 0.751. The molecule has 128 valence electrons. The third-order valence-electron chi connectivity index (χ3n) is 4.73. The molecule has 2 unspecified atom stereocenters. The van der Waals surface area contributed by atoms with Crippen LogP contribution in [0.3, 0.4) is 0 Å². The van der Waals surface area contributed by atoms with E-state index in [9.17, 15) is 31.1 Å². The number of amides is 1. The van der Waals surface area contributed by atoms with Crippen molar-refractivity contribution in [3.63, 3.8) is 0 Å². The molecule has 2 fully saturated rings. The van der Waals surface area contributed by atoms with Crippen molar-refractivity contribution in [3.05, 3.63) is 0 Å². The Morgan fingerprint density at radius 3 is 2.14 bits per heavy atom. The molecule has 1 aliphatic carbocycles. The molecule has 1 amide bonds. The number of nitrogens with zero attached hydrogens (tertiary/aromatic N) is 1. The summed E-state index contributed by atoms with van der Waals surface area (Å²) in [7, 11) is 0. The Kier molecular flexibility index (Phi) is 4.40. The van der Waals surface area contributed by atoms with E-state index in [4.69, 9.17) is 5.73 Å². The van der Waals surface area contributed by atoms with E-state index < -0.39 is 49.1 Å². The molecule has 2 rings (SSSR count). The van der Waals surface area contributed by atoms with E-state index in [-0.39, 0.29) is 6.04 Å². The van der Waals surface area contributed by atoms with Gasteiger partial charge >= 0.3 is 12.4 Å². The van der Waals surface area contributed by atoms with Crippen molar-refractivity contribution in [3.8, 4) is 0 Å². The lowest BCUT2D eigenvalue weighted by Crippen LogP contribution is -2.52. The molecule has 3 nitrogen and oxygen atoms in total. The average molecular weight is 332 g/mol. The summed E-state index contributed by atoms with van der Waals surface area (Å²) >= 11 is 0. The fourth-order valence-corrected chi connectivity index (χ4v) is 3.33. The molecule has 1 heterocycles. The summed E-state index contributed by atoms with van der Waals surface area (Å²) in [4.78, 5) is 12.9. The van der Waals surface area contributed by atoms with Gasteiger partial charge in [0.2, 0.25) is 5.91 Å². The maximum Gasteiger partial charge on any atom is 0.404 e. The van der Waals surface area contributed by atoms with E-state index in [0.29, 0.717) is 24.2 Å². The fraction of sp³-hybridized carbons (Fsp3) is 0.923. The highest BCUT2D eigenvalue weighted by Crippen LogP contribution is 2.55. The van der Waals surface area contributed by atoms with Gasteiger partial charge in [0.25, 0.3) is 0 Å². The highest BCUT2D eigenvalue weighted by atomic mass is 19.4. The van der Waals surface area contributed by atoms with Gasteiger partial charge in [-0.25, -0.2) is 0 Å². The molecule has 2 N–H and O–H groups in total. The number of carbonyl (C=O) groups is 1. The summed E-state index contributed by atoms with van der Waals surface area (Å²) in [6, 6.07) is -0.222. The van der Waals surface area contributed by atoms with Gasteiger partial charge in [-0.05, 0) is 25.7 Å². The van der Waals surface area contributed by atoms with Crippen LogP contribution in [-0.4, -0.2) is 42.3 Å². The standard InChI is InChI=1S/C13H18F6N2O/c14-12(15,16)11(13(17,18)19)4-5-21(7-11)10(22)8-2-1-3-9(20)6-8/h8-9H,1-7,20H2. The number of likely N-dealkylation sites (tertiary alicyclic amines) is 1. The van der Waals surface area contributed by atoms with Gasteiger partial charge in [0.15, 0.2) is 5.41 Å². The first kappa shape index (κ1) is 17.4. The summed E-state index contributed by atoms with van der Waals surface area (Å²) < 4.78 is 77.8. The topological polar surface area (TPSA) is 46.3 Å². The van der Waals surface area contributed by atoms with Crippen LogP contribution in [-0.2, 0) is 4.79 Å². The lowest BCUT2D eigenvalue weighted by atomic mass is 9.84. The molecule has 1 saturated carbocycles. The van der Waals surface area contributed by atoms with Crippen molar-refractivity contribution in [2.75, 3.05) is 13.1 Å². The van der Waals surface area contributed by atoms with Crippen LogP contribution in [0.2, 0.25) is 0 Å². The van der Waals surface area contributed by atoms with E-state index in [1.807, 2.05) is 0 Å². The second kappa shape index (κ2) is 5.58. The van der Waals surface area contributed by atoms with E-state index in [1.54, 1.807) is 0 Å². The van der Waals surface area contributed by atoms with Crippen LogP contribution >= 0.6 is 0 Å². The van der Waals surface area contributed by atoms with Crippen LogP contribution in [0.1, 0.15) is 32.1 Å². The number of carbonyl (C=O) groups excluding carboxylic acids is 1. The average Bonchev–Trinajstić information content (AvgIpc) is 2.83. The number of nitrogens with two attached hydrogens (primary N) is 1. The van der Waals surface area contributed by atoms with Gasteiger partial charge < -0.3 is 10.6 Å². The van der Waals surface area contributed by atoms with Crippen molar-refractivity contribution in [1.29, 1.82) is 0 Å². The molecular formula is C13H18F6N2O. The number of hydrogen-bond donors (Lipinski definition) is 1. The third-order valence-corrected chi connectivity index (χ3v) is 4.73. The Labute approximate surface area is 123 Å². The van der Waals surface area contributed by atoms with Crippen molar-refractivity contribution < 1.29 is 31.1 Å². The Balaban J connectivity index is 2.15. The third kappa shape index (κ3) is 2.91. The molecule has 0 aromatic rings. The highest BCUT2D eigenvalue weighted by Gasteiger charge is 2.73. The predicted molar refractivity (Wildman–Crippen MR) is 65.7 cm³/mol. The second-order valence-corrected chi connectivity index (χ2v) is 6.21. The summed E-state index contributed by atoms with van der Waals surface area (Å²) in [6.07, 6.45) is -9.82. The van der Waals surface area contributed by atoms with Crippen molar-refractivity contribution in [1.82, 2.24) is 4.90 Å². The molecule has 0 radical (unpaired) electrons. The number of rotatable bonds is 1. The largest absolute Gasteiger partial charge is 0.404 e. The SMILES string of the molecule is NC1CCCC(C(=O)N2CCC(C(F)(F)F)(C(F)(F)F)C2)C1. The van der Waals surface area contributed by atoms with Crippen LogP contribution < -0.4 is 5.73 Å². The van der Waals surface area contributed by atoms with Crippen molar-refractivity contribution in [2.45, 2.75) is 50.5 Å². The summed E-state index contributed by atoms with van der Waals surface area (Å²) in [6.45, 7) is -1.87. The second-order valence-electron chi connectivity index (χ2n) is 6.21. The van der Waals surface area contributed by atoms with Crippen LogP contribution in [0, 0.1) is 11.3 Å². The molecule has 9 heteroatoms. The lowest BCUT2D eigenvalue weighted by molar-refractivity contribution is -0.334. The van der Waals surface area contributed by atoms with Crippen molar-refractivity contribution in [2.24, 2.45) is 17.1 Å². The minimum atomic E-state index is -5.43. The van der Waals surface area contributed by atoms with Gasteiger partial charge in [0.05, 0.1) is 0 Å². The Bertz CT molecular complexity index is 419. The molecule has 0 aromatic carbocycles. The molecule has 2 atom stereocenters. The zero-order chi connectivity index (χ0) is 16.8. The minimum Gasteiger partial charge on any atom is -0.341 e. The van der Waals surface area contributed by atoms with E-state index in [2.05, 4.69) is 0 Å². The highest BCUT2D eigenvalue weighted by molar-refractivity contribution is 5.79. The first-order chi connectivity index (χ1) is 9.98. The van der Waals surface area contributed by atoms with Crippen LogP contribution in [0.15, 0.2) is 0 Å². The van der Waals surface area contributed by atoms with E-state index in [1.165, 1.54) is 0 Å². The maximum absolute atomic E-state index is 13.0. The minimum absolute atomic E-state index is 0.222. The molecule has 0 aromatic heterocycles. The van der Waals surface area contributed by atoms with Gasteiger partial charge in [-0.3, -0.25) is 4.79 Å². The molecule has 0 spiro atoms. The maximum atomic E-state index is 13.0. The van der Waals surface area contributed by atoms with Gasteiger partial charge in [0, 0.05) is 25.0 Å². The first-order valence-corrected chi connectivity index (χ1v) is 7.16. The van der Waals surface area contributed by atoms with E-state index >= 15 is 0 Å². The summed E-state index contributed by atoms with van der Waals surface area (Å²) in [5.41, 5.74) is 1.91. The Morgan fingerprint density at radius 1 is 1.09 bits per heavy atom. The van der Waals surface area contributed by atoms with Gasteiger partial charge in [-0.1, -0.05) is 6.42 Å². The Morgan fingerprint density at radius 2 is 1.68 bits per heavy atom. The lowest BCUT2D eigenvalue weighted by Gasteiger charge is -2.34. The molecule has 2 aliphatic rings. The smallest absolute Gasteiger partial charge is 0.341 e. The molecule has 0 bridgehead atoms. The van der Waals surface area contributed by atoms with Gasteiger partial charge in [0.1, 0.15) is 0 Å². The monoisotopic (exact) mass is 332 g/mol. The van der Waals surface area contributed by atoms with E-state index in [0.717, 1.165) is 6.42 Å². The van der Waals surface area contributed by atoms with Crippen LogP contribution in [0.4, 0.5) is 26.3 Å². The first-order valence-electron chi connectivity index (χ1n) is 7.16. The number of hydrogen-bond acceptors (Lipinski definition) is 2. The van der Waals surface area contributed by atoms with Crippen LogP contribution in [0.5, 0.6) is 0 Å².